The first kappa shape index (κ1) is 24.3. The number of nitrogens with one attached hydrogen (secondary N) is 1. The Morgan fingerprint density at radius 3 is 2.30 bits per heavy atom. The molecule has 0 spiro atoms. The third-order valence-corrected chi connectivity index (χ3v) is 6.66. The Balaban J connectivity index is 1.87. The normalized spacial score (nSPS) is 11.1. The SMILES string of the molecule is COCCN(Cc1ccccc1)C(=O)c1ccc(C)c(S(=O)(=O)Nc2ccc(OC)cc2)c1. The van der Waals surface area contributed by atoms with Gasteiger partial charge in [0.15, 0.2) is 0 Å². The van der Waals surface area contributed by atoms with Gasteiger partial charge >= 0.3 is 0 Å². The predicted molar refractivity (Wildman–Crippen MR) is 128 cm³/mol. The van der Waals surface area contributed by atoms with Gasteiger partial charge in [-0.25, -0.2) is 8.42 Å². The number of benzene rings is 3. The molecule has 3 aromatic carbocycles. The molecule has 0 aliphatic heterocycles. The van der Waals surface area contributed by atoms with Gasteiger partial charge in [0, 0.05) is 31.5 Å². The van der Waals surface area contributed by atoms with E-state index in [0.29, 0.717) is 42.3 Å². The summed E-state index contributed by atoms with van der Waals surface area (Å²) in [6.07, 6.45) is 0. The maximum atomic E-state index is 13.3. The van der Waals surface area contributed by atoms with Gasteiger partial charge in [0.05, 0.1) is 18.6 Å². The minimum absolute atomic E-state index is 0.0515. The molecule has 1 amide bonds. The molecule has 0 aliphatic carbocycles. The monoisotopic (exact) mass is 468 g/mol. The third kappa shape index (κ3) is 6.34. The van der Waals surface area contributed by atoms with E-state index in [1.165, 1.54) is 6.07 Å². The van der Waals surface area contributed by atoms with Crippen molar-refractivity contribution in [3.05, 3.63) is 89.5 Å². The largest absolute Gasteiger partial charge is 0.497 e. The summed E-state index contributed by atoms with van der Waals surface area (Å²) in [6.45, 7) is 2.84. The fourth-order valence-electron chi connectivity index (χ4n) is 3.33. The fraction of sp³-hybridized carbons (Fsp3) is 0.240. The Kier molecular flexibility index (Phi) is 8.08. The van der Waals surface area contributed by atoms with E-state index in [4.69, 9.17) is 9.47 Å². The molecule has 1 N–H and O–H groups in total. The molecule has 0 unspecified atom stereocenters. The maximum Gasteiger partial charge on any atom is 0.262 e. The van der Waals surface area contributed by atoms with E-state index in [1.54, 1.807) is 62.4 Å². The van der Waals surface area contributed by atoms with Crippen molar-refractivity contribution in [2.24, 2.45) is 0 Å². The van der Waals surface area contributed by atoms with Crippen LogP contribution in [0.4, 0.5) is 5.69 Å². The number of ether oxygens (including phenoxy) is 2. The van der Waals surface area contributed by atoms with Gasteiger partial charge in [0.1, 0.15) is 5.75 Å². The van der Waals surface area contributed by atoms with Gasteiger partial charge in [-0.05, 0) is 54.4 Å². The van der Waals surface area contributed by atoms with Crippen molar-refractivity contribution in [2.75, 3.05) is 32.1 Å². The van der Waals surface area contributed by atoms with Gasteiger partial charge in [-0.1, -0.05) is 36.4 Å². The number of carbonyl (C=O) groups excluding carboxylic acids is 1. The van der Waals surface area contributed by atoms with Crippen LogP contribution in [0, 0.1) is 6.92 Å². The molecule has 0 saturated carbocycles. The number of methoxy groups -OCH3 is 2. The predicted octanol–water partition coefficient (Wildman–Crippen LogP) is 4.09. The van der Waals surface area contributed by atoms with Crippen LogP contribution in [0.3, 0.4) is 0 Å². The fourth-order valence-corrected chi connectivity index (χ4v) is 4.66. The number of carbonyl (C=O) groups is 1. The van der Waals surface area contributed by atoms with Crippen LogP contribution in [0.5, 0.6) is 5.75 Å². The molecule has 8 heteroatoms. The molecule has 0 atom stereocenters. The quantitative estimate of drug-likeness (QED) is 0.484. The van der Waals surface area contributed by atoms with E-state index in [9.17, 15) is 13.2 Å². The third-order valence-electron chi connectivity index (χ3n) is 5.14. The van der Waals surface area contributed by atoms with Crippen LogP contribution in [0.1, 0.15) is 21.5 Å². The van der Waals surface area contributed by atoms with Crippen LogP contribution in [-0.4, -0.2) is 46.6 Å². The number of amides is 1. The van der Waals surface area contributed by atoms with E-state index in [0.717, 1.165) is 5.56 Å². The topological polar surface area (TPSA) is 84.9 Å². The molecule has 0 radical (unpaired) electrons. The standard InChI is InChI=1S/C25H28N2O5S/c1-19-9-10-21(25(28)27(15-16-31-2)18-20-7-5-4-6-8-20)17-24(19)33(29,30)26-22-11-13-23(32-3)14-12-22/h4-14,17,26H,15-16,18H2,1-3H3. The van der Waals surface area contributed by atoms with Crippen molar-refractivity contribution in [3.8, 4) is 5.75 Å². The van der Waals surface area contributed by atoms with Crippen molar-refractivity contribution < 1.29 is 22.7 Å². The molecule has 33 heavy (non-hydrogen) atoms. The molecule has 0 aliphatic rings. The highest BCUT2D eigenvalue weighted by atomic mass is 32.2. The molecule has 0 saturated heterocycles. The average Bonchev–Trinajstić information content (AvgIpc) is 2.82. The first-order chi connectivity index (χ1) is 15.8. The number of sulfonamides is 1. The zero-order valence-electron chi connectivity index (χ0n) is 18.9. The second kappa shape index (κ2) is 11.0. The van der Waals surface area contributed by atoms with Gasteiger partial charge in [0.2, 0.25) is 0 Å². The highest BCUT2D eigenvalue weighted by molar-refractivity contribution is 7.92. The van der Waals surface area contributed by atoms with Crippen molar-refractivity contribution >= 4 is 21.6 Å². The summed E-state index contributed by atoms with van der Waals surface area (Å²) in [5.41, 5.74) is 2.21. The number of aryl methyl sites for hydroxylation is 1. The van der Waals surface area contributed by atoms with Gasteiger partial charge in [0.25, 0.3) is 15.9 Å². The van der Waals surface area contributed by atoms with Crippen molar-refractivity contribution in [2.45, 2.75) is 18.4 Å². The molecule has 174 valence electrons. The van der Waals surface area contributed by atoms with E-state index in [-0.39, 0.29) is 10.8 Å². The second-order valence-electron chi connectivity index (χ2n) is 7.52. The summed E-state index contributed by atoms with van der Waals surface area (Å²) in [6, 6.07) is 20.9. The lowest BCUT2D eigenvalue weighted by Gasteiger charge is -2.23. The summed E-state index contributed by atoms with van der Waals surface area (Å²) in [7, 11) is -0.791. The Morgan fingerprint density at radius 1 is 0.970 bits per heavy atom. The smallest absolute Gasteiger partial charge is 0.262 e. The lowest BCUT2D eigenvalue weighted by molar-refractivity contribution is 0.0680. The van der Waals surface area contributed by atoms with Crippen LogP contribution in [0.25, 0.3) is 0 Å². The Bertz CT molecular complexity index is 1180. The number of hydrogen-bond donors (Lipinski definition) is 1. The molecule has 3 aromatic rings. The first-order valence-electron chi connectivity index (χ1n) is 10.4. The van der Waals surface area contributed by atoms with Crippen LogP contribution in [0.2, 0.25) is 0 Å². The highest BCUT2D eigenvalue weighted by Gasteiger charge is 2.22. The van der Waals surface area contributed by atoms with Crippen molar-refractivity contribution in [1.29, 1.82) is 0 Å². The molecular formula is C25H28N2O5S. The molecule has 0 heterocycles. The van der Waals surface area contributed by atoms with Crippen LogP contribution < -0.4 is 9.46 Å². The molecule has 7 nitrogen and oxygen atoms in total. The maximum absolute atomic E-state index is 13.3. The van der Waals surface area contributed by atoms with Gasteiger partial charge in [-0.2, -0.15) is 0 Å². The molecule has 0 bridgehead atoms. The first-order valence-corrected chi connectivity index (χ1v) is 11.9. The number of rotatable bonds is 10. The Morgan fingerprint density at radius 2 is 1.67 bits per heavy atom. The zero-order valence-corrected chi connectivity index (χ0v) is 19.8. The second-order valence-corrected chi connectivity index (χ2v) is 9.17. The molecule has 0 aromatic heterocycles. The van der Waals surface area contributed by atoms with Crippen LogP contribution in [0.15, 0.2) is 77.7 Å². The van der Waals surface area contributed by atoms with Crippen molar-refractivity contribution in [1.82, 2.24) is 4.90 Å². The number of nitrogens with zero attached hydrogens (tertiary/aromatic N) is 1. The number of hydrogen-bond acceptors (Lipinski definition) is 5. The average molecular weight is 469 g/mol. The van der Waals surface area contributed by atoms with E-state index < -0.39 is 10.0 Å². The Hall–Kier alpha value is -3.36. The summed E-state index contributed by atoms with van der Waals surface area (Å²) in [5, 5.41) is 0. The van der Waals surface area contributed by atoms with E-state index >= 15 is 0 Å². The van der Waals surface area contributed by atoms with Crippen LogP contribution in [-0.2, 0) is 21.3 Å². The molecule has 0 fully saturated rings. The van der Waals surface area contributed by atoms with Crippen LogP contribution >= 0.6 is 0 Å². The zero-order chi connectivity index (χ0) is 23.8. The minimum atomic E-state index is -3.91. The lowest BCUT2D eigenvalue weighted by Crippen LogP contribution is -2.33. The van der Waals surface area contributed by atoms with Crippen molar-refractivity contribution in [3.63, 3.8) is 0 Å². The molecular weight excluding hydrogens is 440 g/mol. The Labute approximate surface area is 195 Å². The van der Waals surface area contributed by atoms with E-state index in [1.807, 2.05) is 30.3 Å². The summed E-state index contributed by atoms with van der Waals surface area (Å²) >= 11 is 0. The summed E-state index contributed by atoms with van der Waals surface area (Å²) in [4.78, 5) is 15.0. The van der Waals surface area contributed by atoms with Gasteiger partial charge in [-0.15, -0.1) is 0 Å². The molecule has 3 rings (SSSR count). The van der Waals surface area contributed by atoms with Gasteiger partial charge in [-0.3, -0.25) is 9.52 Å². The highest BCUT2D eigenvalue weighted by Crippen LogP contribution is 2.23. The van der Waals surface area contributed by atoms with Gasteiger partial charge < -0.3 is 14.4 Å². The minimum Gasteiger partial charge on any atom is -0.497 e. The van der Waals surface area contributed by atoms with E-state index in [2.05, 4.69) is 4.72 Å². The number of anilines is 1. The lowest BCUT2D eigenvalue weighted by atomic mass is 10.1. The summed E-state index contributed by atoms with van der Waals surface area (Å²) in [5.74, 6) is 0.355. The summed E-state index contributed by atoms with van der Waals surface area (Å²) < 4.78 is 39.0.